The predicted molar refractivity (Wildman–Crippen MR) is 70.7 cm³/mol. The van der Waals surface area contributed by atoms with Gasteiger partial charge >= 0.3 is 0 Å². The normalized spacial score (nSPS) is 14.2. The van der Waals surface area contributed by atoms with Crippen LogP contribution in [0.4, 0.5) is 0 Å². The summed E-state index contributed by atoms with van der Waals surface area (Å²) in [6.45, 7) is 3.35. The number of nitrogens with one attached hydrogen (secondary N) is 1. The van der Waals surface area contributed by atoms with Gasteiger partial charge < -0.3 is 14.8 Å². The highest BCUT2D eigenvalue weighted by Crippen LogP contribution is 2.20. The molecule has 1 aromatic carbocycles. The number of aryl methyl sites for hydroxylation is 1. The average Bonchev–Trinajstić information content (AvgIpc) is 2.41. The quantitative estimate of drug-likeness (QED) is 0.931. The molecule has 1 heterocycles. The fraction of sp³-hybridized carbons (Fsp3) is 0.308. The van der Waals surface area contributed by atoms with Gasteiger partial charge in [-0.1, -0.05) is 34.1 Å². The predicted octanol–water partition coefficient (Wildman–Crippen LogP) is 2.26. The molecule has 5 heteroatoms. The highest BCUT2D eigenvalue weighted by atomic mass is 79.9. The first-order valence-electron chi connectivity index (χ1n) is 5.65. The van der Waals surface area contributed by atoms with Crippen molar-refractivity contribution in [2.45, 2.75) is 13.5 Å². The van der Waals surface area contributed by atoms with Gasteiger partial charge in [0.05, 0.1) is 0 Å². The molecule has 1 aliphatic rings. The van der Waals surface area contributed by atoms with E-state index in [2.05, 4.69) is 21.2 Å². The minimum absolute atomic E-state index is 0.227. The van der Waals surface area contributed by atoms with Gasteiger partial charge in [0.1, 0.15) is 19.5 Å². The number of carbonyl (C=O) groups excluding carboxylic acids is 1. The topological polar surface area (TPSA) is 47.6 Å². The van der Waals surface area contributed by atoms with Gasteiger partial charge in [-0.05, 0) is 18.1 Å². The molecule has 4 nitrogen and oxygen atoms in total. The van der Waals surface area contributed by atoms with Crippen molar-refractivity contribution in [1.82, 2.24) is 5.32 Å². The molecule has 0 aliphatic carbocycles. The first-order valence-corrected chi connectivity index (χ1v) is 6.44. The summed E-state index contributed by atoms with van der Waals surface area (Å²) >= 11 is 3.50. The zero-order chi connectivity index (χ0) is 13.0. The standard InChI is InChI=1S/C13H14BrNO3/c1-9-3-2-4-10(12(9)14)7-15-13(16)11-8-17-5-6-18-11/h2-4,8H,5-7H2,1H3,(H,15,16). The summed E-state index contributed by atoms with van der Waals surface area (Å²) in [5.74, 6) is -0.0341. The molecule has 0 radical (unpaired) electrons. The van der Waals surface area contributed by atoms with Crippen molar-refractivity contribution in [3.05, 3.63) is 45.8 Å². The van der Waals surface area contributed by atoms with Crippen LogP contribution in [0.25, 0.3) is 0 Å². The molecule has 0 atom stereocenters. The van der Waals surface area contributed by atoms with Crippen LogP contribution >= 0.6 is 15.9 Å². The zero-order valence-electron chi connectivity index (χ0n) is 10.0. The largest absolute Gasteiger partial charge is 0.494 e. The minimum Gasteiger partial charge on any atom is -0.494 e. The summed E-state index contributed by atoms with van der Waals surface area (Å²) in [6, 6.07) is 5.93. The molecule has 1 amide bonds. The molecule has 0 unspecified atom stereocenters. The summed E-state index contributed by atoms with van der Waals surface area (Å²) in [6.07, 6.45) is 1.35. The molecule has 96 valence electrons. The second-order valence-corrected chi connectivity index (χ2v) is 4.73. The van der Waals surface area contributed by atoms with Crippen LogP contribution in [-0.2, 0) is 20.8 Å². The maximum Gasteiger partial charge on any atom is 0.289 e. The fourth-order valence-electron chi connectivity index (χ4n) is 1.59. The van der Waals surface area contributed by atoms with Gasteiger partial charge in [0.25, 0.3) is 5.91 Å². The Labute approximate surface area is 114 Å². The lowest BCUT2D eigenvalue weighted by Crippen LogP contribution is -2.28. The van der Waals surface area contributed by atoms with Crippen LogP contribution in [0.1, 0.15) is 11.1 Å². The molecule has 0 saturated heterocycles. The Kier molecular flexibility index (Phi) is 4.25. The van der Waals surface area contributed by atoms with Crippen LogP contribution in [-0.4, -0.2) is 19.1 Å². The summed E-state index contributed by atoms with van der Waals surface area (Å²) in [5.41, 5.74) is 2.17. The van der Waals surface area contributed by atoms with Gasteiger partial charge in [-0.15, -0.1) is 0 Å². The maximum absolute atomic E-state index is 11.8. The van der Waals surface area contributed by atoms with Crippen LogP contribution in [0.5, 0.6) is 0 Å². The Balaban J connectivity index is 1.97. The minimum atomic E-state index is -0.261. The number of benzene rings is 1. The van der Waals surface area contributed by atoms with Crippen LogP contribution in [0.2, 0.25) is 0 Å². The molecule has 0 aromatic heterocycles. The smallest absolute Gasteiger partial charge is 0.289 e. The van der Waals surface area contributed by atoms with Crippen molar-refractivity contribution in [2.24, 2.45) is 0 Å². The Bertz CT molecular complexity index is 485. The van der Waals surface area contributed by atoms with E-state index in [-0.39, 0.29) is 11.7 Å². The summed E-state index contributed by atoms with van der Waals surface area (Å²) in [4.78, 5) is 11.8. The van der Waals surface area contributed by atoms with E-state index in [0.717, 1.165) is 15.6 Å². The molecular formula is C13H14BrNO3. The fourth-order valence-corrected chi connectivity index (χ4v) is 2.00. The Morgan fingerprint density at radius 2 is 2.28 bits per heavy atom. The lowest BCUT2D eigenvalue weighted by atomic mass is 10.1. The van der Waals surface area contributed by atoms with Crippen molar-refractivity contribution < 1.29 is 14.3 Å². The molecule has 0 saturated carbocycles. The van der Waals surface area contributed by atoms with Crippen LogP contribution < -0.4 is 5.32 Å². The van der Waals surface area contributed by atoms with Crippen molar-refractivity contribution in [3.63, 3.8) is 0 Å². The number of carbonyl (C=O) groups is 1. The van der Waals surface area contributed by atoms with E-state index in [1.54, 1.807) is 0 Å². The van der Waals surface area contributed by atoms with Crippen LogP contribution in [0.3, 0.4) is 0 Å². The average molecular weight is 312 g/mol. The van der Waals surface area contributed by atoms with Gasteiger partial charge in [-0.25, -0.2) is 0 Å². The lowest BCUT2D eigenvalue weighted by Gasteiger charge is -2.15. The maximum atomic E-state index is 11.8. The van der Waals surface area contributed by atoms with Gasteiger partial charge in [-0.2, -0.15) is 0 Å². The van der Waals surface area contributed by atoms with E-state index in [9.17, 15) is 4.79 Å². The van der Waals surface area contributed by atoms with E-state index >= 15 is 0 Å². The van der Waals surface area contributed by atoms with E-state index in [1.165, 1.54) is 6.26 Å². The first kappa shape index (κ1) is 13.0. The number of hydrogen-bond donors (Lipinski definition) is 1. The van der Waals surface area contributed by atoms with Crippen molar-refractivity contribution in [2.75, 3.05) is 13.2 Å². The summed E-state index contributed by atoms with van der Waals surface area (Å²) in [7, 11) is 0. The van der Waals surface area contributed by atoms with Crippen molar-refractivity contribution in [1.29, 1.82) is 0 Å². The third kappa shape index (κ3) is 3.04. The monoisotopic (exact) mass is 311 g/mol. The SMILES string of the molecule is Cc1cccc(CNC(=O)C2=COCCO2)c1Br. The number of halogens is 1. The third-order valence-corrected chi connectivity index (χ3v) is 3.72. The summed E-state index contributed by atoms with van der Waals surface area (Å²) in [5, 5.41) is 2.79. The molecule has 0 spiro atoms. The summed E-state index contributed by atoms with van der Waals surface area (Å²) < 4.78 is 11.2. The number of hydrogen-bond acceptors (Lipinski definition) is 3. The van der Waals surface area contributed by atoms with Crippen LogP contribution in [0.15, 0.2) is 34.7 Å². The Morgan fingerprint density at radius 1 is 1.44 bits per heavy atom. The van der Waals surface area contributed by atoms with Crippen molar-refractivity contribution in [3.8, 4) is 0 Å². The highest BCUT2D eigenvalue weighted by Gasteiger charge is 2.14. The number of rotatable bonds is 3. The molecule has 18 heavy (non-hydrogen) atoms. The van der Waals surface area contributed by atoms with Crippen LogP contribution in [0, 0.1) is 6.92 Å². The molecule has 0 fully saturated rings. The Hall–Kier alpha value is -1.49. The first-order chi connectivity index (χ1) is 8.68. The lowest BCUT2D eigenvalue weighted by molar-refractivity contribution is -0.122. The molecular weight excluding hydrogens is 298 g/mol. The molecule has 1 aromatic rings. The van der Waals surface area contributed by atoms with Gasteiger partial charge in [0.2, 0.25) is 5.76 Å². The second kappa shape index (κ2) is 5.91. The van der Waals surface area contributed by atoms with Gasteiger partial charge in [0, 0.05) is 11.0 Å². The molecule has 1 aliphatic heterocycles. The highest BCUT2D eigenvalue weighted by molar-refractivity contribution is 9.10. The Morgan fingerprint density at radius 3 is 3.00 bits per heavy atom. The molecule has 1 N–H and O–H groups in total. The van der Waals surface area contributed by atoms with Crippen molar-refractivity contribution >= 4 is 21.8 Å². The second-order valence-electron chi connectivity index (χ2n) is 3.93. The van der Waals surface area contributed by atoms with E-state index in [1.807, 2.05) is 25.1 Å². The van der Waals surface area contributed by atoms with Gasteiger partial charge in [-0.3, -0.25) is 4.79 Å². The zero-order valence-corrected chi connectivity index (χ0v) is 11.6. The van der Waals surface area contributed by atoms with E-state index in [4.69, 9.17) is 9.47 Å². The van der Waals surface area contributed by atoms with Gasteiger partial charge in [0.15, 0.2) is 0 Å². The molecule has 2 rings (SSSR count). The van der Waals surface area contributed by atoms with E-state index in [0.29, 0.717) is 19.8 Å². The number of ether oxygens (including phenoxy) is 2. The number of amides is 1. The molecule has 0 bridgehead atoms. The van der Waals surface area contributed by atoms with E-state index < -0.39 is 0 Å². The third-order valence-electron chi connectivity index (χ3n) is 2.58.